The average Bonchev–Trinajstić information content (AvgIpc) is 2.62. The molecule has 27 heavy (non-hydrogen) atoms. The summed E-state index contributed by atoms with van der Waals surface area (Å²) >= 11 is 0. The summed E-state index contributed by atoms with van der Waals surface area (Å²) in [4.78, 5) is 0.160. The third-order valence-electron chi connectivity index (χ3n) is 4.18. The second kappa shape index (κ2) is 7.98. The van der Waals surface area contributed by atoms with Crippen molar-refractivity contribution >= 4 is 9.84 Å². The normalized spacial score (nSPS) is 11.5. The Morgan fingerprint density at radius 2 is 1.59 bits per heavy atom. The summed E-state index contributed by atoms with van der Waals surface area (Å²) in [5.41, 5.74) is 2.42. The van der Waals surface area contributed by atoms with Crippen molar-refractivity contribution in [2.45, 2.75) is 17.2 Å². The van der Waals surface area contributed by atoms with E-state index < -0.39 is 21.5 Å². The third kappa shape index (κ3) is 4.59. The van der Waals surface area contributed by atoms with Crippen LogP contribution in [0.15, 0.2) is 71.6 Å². The van der Waals surface area contributed by atoms with Crippen LogP contribution in [0.5, 0.6) is 0 Å². The van der Waals surface area contributed by atoms with E-state index in [1.165, 1.54) is 36.4 Å². The Morgan fingerprint density at radius 3 is 2.26 bits per heavy atom. The van der Waals surface area contributed by atoms with Gasteiger partial charge in [-0.1, -0.05) is 36.4 Å². The Bertz CT molecular complexity index is 1050. The van der Waals surface area contributed by atoms with E-state index in [0.29, 0.717) is 17.7 Å². The van der Waals surface area contributed by atoms with Crippen LogP contribution in [0.2, 0.25) is 0 Å². The van der Waals surface area contributed by atoms with Crippen LogP contribution in [0.4, 0.5) is 8.78 Å². The van der Waals surface area contributed by atoms with Gasteiger partial charge in [0.1, 0.15) is 11.6 Å². The maximum Gasteiger partial charge on any atom is 0.182 e. The molecule has 0 saturated carbocycles. The standard InChI is InChI=1S/C21H19F2NO2S/c1-24-13-15-3-2-4-16(11-15)14-27(25,26)19-8-5-17(6-9-19)20-10-7-18(22)12-21(20)23/h2-12,24H,13-14H2,1H3. The molecular formula is C21H19F2NO2S. The zero-order chi connectivity index (χ0) is 19.4. The van der Waals surface area contributed by atoms with Crippen LogP contribution in [0.25, 0.3) is 11.1 Å². The lowest BCUT2D eigenvalue weighted by Crippen LogP contribution is -2.07. The van der Waals surface area contributed by atoms with Gasteiger partial charge in [0.15, 0.2) is 9.84 Å². The second-order valence-electron chi connectivity index (χ2n) is 6.26. The van der Waals surface area contributed by atoms with E-state index >= 15 is 0 Å². The van der Waals surface area contributed by atoms with Crippen LogP contribution in [-0.4, -0.2) is 15.5 Å². The van der Waals surface area contributed by atoms with Crippen LogP contribution < -0.4 is 5.32 Å². The fraction of sp³-hybridized carbons (Fsp3) is 0.143. The van der Waals surface area contributed by atoms with E-state index in [0.717, 1.165) is 11.6 Å². The first-order valence-electron chi connectivity index (χ1n) is 8.40. The number of rotatable bonds is 6. The van der Waals surface area contributed by atoms with Crippen molar-refractivity contribution in [2.24, 2.45) is 0 Å². The van der Waals surface area contributed by atoms with Gasteiger partial charge < -0.3 is 5.32 Å². The van der Waals surface area contributed by atoms with Crippen LogP contribution >= 0.6 is 0 Å². The summed E-state index contributed by atoms with van der Waals surface area (Å²) in [7, 11) is -1.71. The van der Waals surface area contributed by atoms with Crippen molar-refractivity contribution < 1.29 is 17.2 Å². The molecule has 6 heteroatoms. The highest BCUT2D eigenvalue weighted by molar-refractivity contribution is 7.90. The lowest BCUT2D eigenvalue weighted by molar-refractivity contribution is 0.585. The van der Waals surface area contributed by atoms with Crippen molar-refractivity contribution in [1.82, 2.24) is 5.32 Å². The predicted octanol–water partition coefficient (Wildman–Crippen LogP) is 4.33. The highest BCUT2D eigenvalue weighted by atomic mass is 32.2. The lowest BCUT2D eigenvalue weighted by Gasteiger charge is -2.08. The molecule has 140 valence electrons. The van der Waals surface area contributed by atoms with Gasteiger partial charge in [0.2, 0.25) is 0 Å². The van der Waals surface area contributed by atoms with Crippen molar-refractivity contribution in [2.75, 3.05) is 7.05 Å². The van der Waals surface area contributed by atoms with Gasteiger partial charge in [0.25, 0.3) is 0 Å². The molecule has 0 fully saturated rings. The smallest absolute Gasteiger partial charge is 0.182 e. The Labute approximate surface area is 157 Å². The zero-order valence-corrected chi connectivity index (χ0v) is 15.6. The molecule has 0 heterocycles. The first kappa shape index (κ1) is 19.2. The lowest BCUT2D eigenvalue weighted by atomic mass is 10.1. The molecule has 0 atom stereocenters. The van der Waals surface area contributed by atoms with Gasteiger partial charge in [-0.2, -0.15) is 0 Å². The Balaban J connectivity index is 1.84. The fourth-order valence-electron chi connectivity index (χ4n) is 2.90. The van der Waals surface area contributed by atoms with E-state index in [4.69, 9.17) is 0 Å². The molecule has 0 aromatic heterocycles. The maximum absolute atomic E-state index is 13.9. The number of hydrogen-bond acceptors (Lipinski definition) is 3. The van der Waals surface area contributed by atoms with Crippen LogP contribution in [0.1, 0.15) is 11.1 Å². The molecule has 3 rings (SSSR count). The van der Waals surface area contributed by atoms with E-state index in [-0.39, 0.29) is 16.2 Å². The third-order valence-corrected chi connectivity index (χ3v) is 5.89. The molecule has 0 saturated heterocycles. The number of sulfone groups is 1. The van der Waals surface area contributed by atoms with Crippen LogP contribution in [-0.2, 0) is 22.1 Å². The highest BCUT2D eigenvalue weighted by Gasteiger charge is 2.16. The van der Waals surface area contributed by atoms with Gasteiger partial charge in [-0.05, 0) is 48.0 Å². The van der Waals surface area contributed by atoms with E-state index in [1.807, 2.05) is 25.2 Å². The molecule has 0 aliphatic rings. The predicted molar refractivity (Wildman–Crippen MR) is 102 cm³/mol. The van der Waals surface area contributed by atoms with Crippen LogP contribution in [0.3, 0.4) is 0 Å². The largest absolute Gasteiger partial charge is 0.316 e. The van der Waals surface area contributed by atoms with Gasteiger partial charge in [0.05, 0.1) is 10.6 Å². The van der Waals surface area contributed by atoms with Crippen molar-refractivity contribution in [3.63, 3.8) is 0 Å². The summed E-state index contributed by atoms with van der Waals surface area (Å²) in [6, 6.07) is 16.7. The summed E-state index contributed by atoms with van der Waals surface area (Å²) in [6.45, 7) is 0.659. The van der Waals surface area contributed by atoms with Crippen LogP contribution in [0, 0.1) is 11.6 Å². The average molecular weight is 387 g/mol. The molecular weight excluding hydrogens is 368 g/mol. The van der Waals surface area contributed by atoms with Gasteiger partial charge in [-0.25, -0.2) is 17.2 Å². The van der Waals surface area contributed by atoms with E-state index in [1.54, 1.807) is 6.07 Å². The first-order valence-corrected chi connectivity index (χ1v) is 10.0. The molecule has 3 aromatic rings. The monoisotopic (exact) mass is 387 g/mol. The van der Waals surface area contributed by atoms with Gasteiger partial charge in [-0.15, -0.1) is 0 Å². The highest BCUT2D eigenvalue weighted by Crippen LogP contribution is 2.26. The summed E-state index contributed by atoms with van der Waals surface area (Å²) in [5, 5.41) is 3.03. The summed E-state index contributed by atoms with van der Waals surface area (Å²) < 4.78 is 52.3. The number of benzene rings is 3. The Morgan fingerprint density at radius 1 is 0.889 bits per heavy atom. The molecule has 0 unspecified atom stereocenters. The number of nitrogens with one attached hydrogen (secondary N) is 1. The molecule has 3 aromatic carbocycles. The second-order valence-corrected chi connectivity index (χ2v) is 8.25. The zero-order valence-electron chi connectivity index (χ0n) is 14.7. The SMILES string of the molecule is CNCc1cccc(CS(=O)(=O)c2ccc(-c3ccc(F)cc3F)cc2)c1. The quantitative estimate of drug-likeness (QED) is 0.685. The molecule has 0 bridgehead atoms. The van der Waals surface area contributed by atoms with E-state index in [2.05, 4.69) is 5.32 Å². The molecule has 0 radical (unpaired) electrons. The molecule has 0 amide bonds. The summed E-state index contributed by atoms with van der Waals surface area (Å²) in [5.74, 6) is -1.46. The van der Waals surface area contributed by atoms with Crippen molar-refractivity contribution in [3.05, 3.63) is 89.5 Å². The minimum absolute atomic E-state index is 0.116. The van der Waals surface area contributed by atoms with Crippen molar-refractivity contribution in [3.8, 4) is 11.1 Å². The van der Waals surface area contributed by atoms with Gasteiger partial charge in [-0.3, -0.25) is 0 Å². The van der Waals surface area contributed by atoms with Gasteiger partial charge >= 0.3 is 0 Å². The molecule has 0 aliphatic heterocycles. The Kier molecular flexibility index (Phi) is 5.68. The van der Waals surface area contributed by atoms with E-state index in [9.17, 15) is 17.2 Å². The molecule has 3 nitrogen and oxygen atoms in total. The Hall–Kier alpha value is -2.57. The van der Waals surface area contributed by atoms with Crippen molar-refractivity contribution in [1.29, 1.82) is 0 Å². The summed E-state index contributed by atoms with van der Waals surface area (Å²) in [6.07, 6.45) is 0. The molecule has 0 spiro atoms. The minimum atomic E-state index is -3.53. The first-order chi connectivity index (χ1) is 12.9. The molecule has 0 aliphatic carbocycles. The molecule has 1 N–H and O–H groups in total. The fourth-order valence-corrected chi connectivity index (χ4v) is 4.24. The maximum atomic E-state index is 13.9. The van der Waals surface area contributed by atoms with Gasteiger partial charge in [0, 0.05) is 18.2 Å². The minimum Gasteiger partial charge on any atom is -0.316 e. The number of halogens is 2. The topological polar surface area (TPSA) is 46.2 Å². The number of hydrogen-bond donors (Lipinski definition) is 1.